The number of nitrogens with zero attached hydrogens (tertiary/aromatic N) is 4. The van der Waals surface area contributed by atoms with Crippen molar-refractivity contribution in [1.29, 1.82) is 0 Å². The molecule has 0 radical (unpaired) electrons. The number of hydrogen-bond donors (Lipinski definition) is 1. The molecule has 0 heterocycles. The molecule has 0 aliphatic rings. The van der Waals surface area contributed by atoms with Crippen LogP contribution in [0.15, 0.2) is 45.7 Å². The van der Waals surface area contributed by atoms with Crippen LogP contribution in [0, 0.1) is 0 Å². The molecule has 0 bridgehead atoms. The van der Waals surface area contributed by atoms with Gasteiger partial charge in [0.1, 0.15) is 12.1 Å². The summed E-state index contributed by atoms with van der Waals surface area (Å²) in [6, 6.07) is 9.40. The molecule has 1 rings (SSSR count). The van der Waals surface area contributed by atoms with Crippen LogP contribution < -0.4 is 0 Å². The summed E-state index contributed by atoms with van der Waals surface area (Å²) in [6.07, 6.45) is 2.82. The van der Waals surface area contributed by atoms with Gasteiger partial charge in [-0.2, -0.15) is 0 Å². The van der Waals surface area contributed by atoms with E-state index in [9.17, 15) is 0 Å². The van der Waals surface area contributed by atoms with Gasteiger partial charge in [0.25, 0.3) is 0 Å². The van der Waals surface area contributed by atoms with Gasteiger partial charge in [-0.3, -0.25) is 0 Å². The van der Waals surface area contributed by atoms with Crippen LogP contribution in [0.2, 0.25) is 0 Å². The predicted octanol–water partition coefficient (Wildman–Crippen LogP) is 1.44. The Morgan fingerprint density at radius 2 is 1.94 bits per heavy atom. The van der Waals surface area contributed by atoms with Gasteiger partial charge in [0, 0.05) is 19.7 Å². The van der Waals surface area contributed by atoms with Crippen molar-refractivity contribution >= 4 is 18.3 Å². The number of oxime groups is 1. The molecule has 0 spiro atoms. The Bertz CT molecular complexity index is 396. The zero-order valence-electron chi connectivity index (χ0n) is 9.28. The predicted molar refractivity (Wildman–Crippen MR) is 65.4 cm³/mol. The van der Waals surface area contributed by atoms with E-state index >= 15 is 0 Å². The van der Waals surface area contributed by atoms with E-state index in [1.54, 1.807) is 11.2 Å². The number of rotatable bonds is 4. The summed E-state index contributed by atoms with van der Waals surface area (Å²) in [7, 11) is 3.70. The minimum absolute atomic E-state index is 0.501. The zero-order valence-corrected chi connectivity index (χ0v) is 9.28. The van der Waals surface area contributed by atoms with Gasteiger partial charge in [0.2, 0.25) is 0 Å². The van der Waals surface area contributed by atoms with E-state index in [0.29, 0.717) is 5.71 Å². The normalized spacial score (nSPS) is 12.5. The first-order valence-electron chi connectivity index (χ1n) is 4.74. The average molecular weight is 218 g/mol. The number of benzene rings is 1. The molecule has 0 fully saturated rings. The highest BCUT2D eigenvalue weighted by molar-refractivity contribution is 6.38. The molecule has 0 unspecified atom stereocenters. The van der Waals surface area contributed by atoms with Crippen LogP contribution in [0.3, 0.4) is 0 Å². The Morgan fingerprint density at radius 3 is 2.50 bits per heavy atom. The molecule has 1 aromatic rings. The molecular formula is C11H14N4O. The lowest BCUT2D eigenvalue weighted by Crippen LogP contribution is -2.08. The summed E-state index contributed by atoms with van der Waals surface area (Å²) in [5.41, 5.74) is 1.34. The Labute approximate surface area is 94.4 Å². The van der Waals surface area contributed by atoms with E-state index in [4.69, 9.17) is 5.21 Å². The fraction of sp³-hybridized carbons (Fsp3) is 0.182. The average Bonchev–Trinajstić information content (AvgIpc) is 2.29. The van der Waals surface area contributed by atoms with Crippen molar-refractivity contribution < 1.29 is 5.21 Å². The molecule has 0 aromatic heterocycles. The topological polar surface area (TPSA) is 60.5 Å². The van der Waals surface area contributed by atoms with Crippen LogP contribution in [-0.4, -0.2) is 42.5 Å². The largest absolute Gasteiger partial charge is 0.411 e. The van der Waals surface area contributed by atoms with Crippen molar-refractivity contribution in [3.8, 4) is 0 Å². The maximum absolute atomic E-state index is 8.53. The van der Waals surface area contributed by atoms with Gasteiger partial charge in [-0.25, -0.2) is 0 Å². The standard InChI is InChI=1S/C11H14N4O/c1-15(2)9-12-14-11(8-13-16)10-6-4-3-5-7-10/h3-9,16H,1-2H3/b12-9+,13-8+,14-11+. The first-order chi connectivity index (χ1) is 7.74. The summed E-state index contributed by atoms with van der Waals surface area (Å²) < 4.78 is 0. The molecule has 1 N–H and O–H groups in total. The van der Waals surface area contributed by atoms with E-state index in [1.165, 1.54) is 6.21 Å². The lowest BCUT2D eigenvalue weighted by Gasteiger charge is -2.00. The van der Waals surface area contributed by atoms with E-state index in [-0.39, 0.29) is 0 Å². The highest BCUT2D eigenvalue weighted by Crippen LogP contribution is 2.00. The van der Waals surface area contributed by atoms with Crippen molar-refractivity contribution in [3.63, 3.8) is 0 Å². The maximum Gasteiger partial charge on any atom is 0.115 e. The zero-order chi connectivity index (χ0) is 11.8. The van der Waals surface area contributed by atoms with Crippen LogP contribution in [0.5, 0.6) is 0 Å². The molecule has 0 aliphatic carbocycles. The molecule has 0 saturated carbocycles. The van der Waals surface area contributed by atoms with Gasteiger partial charge >= 0.3 is 0 Å². The molecule has 16 heavy (non-hydrogen) atoms. The molecular weight excluding hydrogens is 204 g/mol. The third-order valence-corrected chi connectivity index (χ3v) is 1.70. The SMILES string of the molecule is CN(C)/C=N/N=C(\C=N\O)c1ccccc1. The second kappa shape index (κ2) is 6.34. The van der Waals surface area contributed by atoms with Gasteiger partial charge in [-0.15, -0.1) is 10.2 Å². The summed E-state index contributed by atoms with van der Waals surface area (Å²) in [5.74, 6) is 0. The molecule has 0 atom stereocenters. The molecule has 0 saturated heterocycles. The lowest BCUT2D eigenvalue weighted by molar-refractivity contribution is 0.322. The second-order valence-corrected chi connectivity index (χ2v) is 3.29. The lowest BCUT2D eigenvalue weighted by atomic mass is 10.1. The fourth-order valence-electron chi connectivity index (χ4n) is 1.01. The molecule has 5 nitrogen and oxygen atoms in total. The molecule has 0 amide bonds. The van der Waals surface area contributed by atoms with Gasteiger partial charge < -0.3 is 10.1 Å². The molecule has 0 aliphatic heterocycles. The Kier molecular flexibility index (Phi) is 4.72. The van der Waals surface area contributed by atoms with Gasteiger partial charge in [0.15, 0.2) is 0 Å². The molecule has 5 heteroatoms. The first kappa shape index (κ1) is 11.9. The van der Waals surface area contributed by atoms with Crippen LogP contribution in [-0.2, 0) is 0 Å². The van der Waals surface area contributed by atoms with Crippen molar-refractivity contribution in [2.45, 2.75) is 0 Å². The minimum Gasteiger partial charge on any atom is -0.411 e. The van der Waals surface area contributed by atoms with Crippen LogP contribution in [0.4, 0.5) is 0 Å². The summed E-state index contributed by atoms with van der Waals surface area (Å²) in [4.78, 5) is 1.77. The van der Waals surface area contributed by atoms with Crippen LogP contribution in [0.25, 0.3) is 0 Å². The fourth-order valence-corrected chi connectivity index (χ4v) is 1.01. The van der Waals surface area contributed by atoms with E-state index in [1.807, 2.05) is 44.4 Å². The third kappa shape index (κ3) is 3.91. The van der Waals surface area contributed by atoms with Crippen molar-refractivity contribution in [1.82, 2.24) is 4.90 Å². The summed E-state index contributed by atoms with van der Waals surface area (Å²) in [6.45, 7) is 0. The van der Waals surface area contributed by atoms with Crippen LogP contribution in [0.1, 0.15) is 5.56 Å². The summed E-state index contributed by atoms with van der Waals surface area (Å²) >= 11 is 0. The summed E-state index contributed by atoms with van der Waals surface area (Å²) in [5, 5.41) is 19.3. The van der Waals surface area contributed by atoms with Gasteiger partial charge in [-0.05, 0) is 0 Å². The first-order valence-corrected chi connectivity index (χ1v) is 4.74. The maximum atomic E-state index is 8.53. The highest BCUT2D eigenvalue weighted by atomic mass is 16.4. The third-order valence-electron chi connectivity index (χ3n) is 1.70. The van der Waals surface area contributed by atoms with E-state index in [2.05, 4.69) is 15.4 Å². The molecule has 84 valence electrons. The van der Waals surface area contributed by atoms with Crippen molar-refractivity contribution in [2.75, 3.05) is 14.1 Å². The van der Waals surface area contributed by atoms with E-state index in [0.717, 1.165) is 5.56 Å². The number of hydrogen-bond acceptors (Lipinski definition) is 4. The van der Waals surface area contributed by atoms with Crippen LogP contribution >= 0.6 is 0 Å². The van der Waals surface area contributed by atoms with E-state index < -0.39 is 0 Å². The van der Waals surface area contributed by atoms with Crippen molar-refractivity contribution in [3.05, 3.63) is 35.9 Å². The van der Waals surface area contributed by atoms with Gasteiger partial charge in [-0.1, -0.05) is 35.5 Å². The van der Waals surface area contributed by atoms with Crippen molar-refractivity contribution in [2.24, 2.45) is 15.4 Å². The smallest absolute Gasteiger partial charge is 0.115 e. The Morgan fingerprint density at radius 1 is 1.25 bits per heavy atom. The minimum atomic E-state index is 0.501. The Balaban J connectivity index is 2.92. The highest BCUT2D eigenvalue weighted by Gasteiger charge is 1.98. The monoisotopic (exact) mass is 218 g/mol. The quantitative estimate of drug-likeness (QED) is 0.360. The molecule has 1 aromatic carbocycles. The van der Waals surface area contributed by atoms with Gasteiger partial charge in [0.05, 0.1) is 6.21 Å². The Hall–Kier alpha value is -2.17. The second-order valence-electron chi connectivity index (χ2n) is 3.29.